The third-order valence-electron chi connectivity index (χ3n) is 5.67. The molecule has 26 heavy (non-hydrogen) atoms. The van der Waals surface area contributed by atoms with Crippen molar-refractivity contribution in [1.82, 2.24) is 0 Å². The van der Waals surface area contributed by atoms with E-state index in [0.717, 1.165) is 38.5 Å². The summed E-state index contributed by atoms with van der Waals surface area (Å²) in [5.41, 5.74) is 0.376. The smallest absolute Gasteiger partial charge is 0.333 e. The van der Waals surface area contributed by atoms with Gasteiger partial charge >= 0.3 is 11.9 Å². The van der Waals surface area contributed by atoms with E-state index in [4.69, 9.17) is 18.9 Å². The Morgan fingerprint density at radius 3 is 1.46 bits per heavy atom. The molecule has 0 N–H and O–H groups in total. The van der Waals surface area contributed by atoms with Crippen molar-refractivity contribution >= 4 is 5.97 Å². The molecule has 0 radical (unpaired) electrons. The molecule has 0 spiro atoms. The summed E-state index contributed by atoms with van der Waals surface area (Å²) in [5.74, 6) is -1.70. The van der Waals surface area contributed by atoms with Gasteiger partial charge in [-0.3, -0.25) is 0 Å². The van der Waals surface area contributed by atoms with Gasteiger partial charge in [-0.15, -0.1) is 0 Å². The second-order valence-corrected chi connectivity index (χ2v) is 8.11. The summed E-state index contributed by atoms with van der Waals surface area (Å²) in [5, 5.41) is 0. The van der Waals surface area contributed by atoms with Crippen molar-refractivity contribution in [2.75, 3.05) is 6.61 Å². The summed E-state index contributed by atoms with van der Waals surface area (Å²) in [4.78, 5) is 12.0. The van der Waals surface area contributed by atoms with Gasteiger partial charge in [-0.05, 0) is 45.4 Å². The van der Waals surface area contributed by atoms with Gasteiger partial charge in [0, 0.05) is 5.57 Å². The Labute approximate surface area is 157 Å². The Morgan fingerprint density at radius 2 is 1.15 bits per heavy atom. The number of esters is 1. The monoisotopic (exact) mass is 366 g/mol. The number of carbonyl (C=O) groups is 1. The third kappa shape index (κ3) is 5.54. The first kappa shape index (κ1) is 19.8. The van der Waals surface area contributed by atoms with E-state index in [2.05, 4.69) is 6.58 Å². The van der Waals surface area contributed by atoms with E-state index < -0.39 is 11.9 Å². The van der Waals surface area contributed by atoms with Crippen LogP contribution in [0.2, 0.25) is 0 Å². The van der Waals surface area contributed by atoms with Crippen molar-refractivity contribution in [3.63, 3.8) is 0 Å². The van der Waals surface area contributed by atoms with Crippen LogP contribution in [0.4, 0.5) is 0 Å². The molecular formula is C21H34O5. The van der Waals surface area contributed by atoms with E-state index in [1.165, 1.54) is 38.5 Å². The van der Waals surface area contributed by atoms with E-state index in [1.54, 1.807) is 6.92 Å². The number of hydrogen-bond donors (Lipinski definition) is 0. The van der Waals surface area contributed by atoms with E-state index in [0.29, 0.717) is 5.57 Å². The van der Waals surface area contributed by atoms with Gasteiger partial charge in [0.1, 0.15) is 0 Å². The fourth-order valence-electron chi connectivity index (χ4n) is 4.24. The molecule has 0 aromatic rings. The molecule has 0 aliphatic heterocycles. The maximum absolute atomic E-state index is 12.0. The largest absolute Gasteiger partial charge is 0.454 e. The maximum Gasteiger partial charge on any atom is 0.333 e. The van der Waals surface area contributed by atoms with Crippen molar-refractivity contribution in [1.29, 1.82) is 0 Å². The molecular weight excluding hydrogens is 332 g/mol. The molecule has 3 aliphatic carbocycles. The molecule has 3 aliphatic rings. The molecule has 5 nitrogen and oxygen atoms in total. The van der Waals surface area contributed by atoms with Gasteiger partial charge < -0.3 is 18.9 Å². The first-order chi connectivity index (χ1) is 12.6. The first-order valence-electron chi connectivity index (χ1n) is 10.4. The van der Waals surface area contributed by atoms with Gasteiger partial charge in [0.2, 0.25) is 0 Å². The van der Waals surface area contributed by atoms with Crippen LogP contribution in [0.15, 0.2) is 12.2 Å². The quantitative estimate of drug-likeness (QED) is 0.338. The summed E-state index contributed by atoms with van der Waals surface area (Å²) in [7, 11) is 0. The van der Waals surface area contributed by atoms with Crippen molar-refractivity contribution in [2.24, 2.45) is 0 Å². The van der Waals surface area contributed by atoms with Crippen LogP contribution in [0.5, 0.6) is 0 Å². The van der Waals surface area contributed by atoms with E-state index in [-0.39, 0.29) is 24.9 Å². The lowest BCUT2D eigenvalue weighted by Gasteiger charge is -2.38. The van der Waals surface area contributed by atoms with Crippen LogP contribution < -0.4 is 0 Å². The van der Waals surface area contributed by atoms with Crippen LogP contribution in [0.3, 0.4) is 0 Å². The second kappa shape index (κ2) is 9.34. The predicted octanol–water partition coefficient (Wildman–Crippen LogP) is 4.64. The van der Waals surface area contributed by atoms with Gasteiger partial charge in [-0.2, -0.15) is 0 Å². The summed E-state index contributed by atoms with van der Waals surface area (Å²) in [6.07, 6.45) is 13.4. The molecule has 0 amide bonds. The number of ether oxygens (including phenoxy) is 4. The molecule has 148 valence electrons. The van der Waals surface area contributed by atoms with Crippen LogP contribution in [0.1, 0.15) is 84.0 Å². The highest BCUT2D eigenvalue weighted by atomic mass is 16.9. The molecule has 0 bridgehead atoms. The lowest BCUT2D eigenvalue weighted by molar-refractivity contribution is -0.424. The minimum Gasteiger partial charge on any atom is -0.454 e. The maximum atomic E-state index is 12.0. The average molecular weight is 366 g/mol. The second-order valence-electron chi connectivity index (χ2n) is 8.11. The van der Waals surface area contributed by atoms with Crippen molar-refractivity contribution in [3.05, 3.63) is 12.2 Å². The summed E-state index contributed by atoms with van der Waals surface area (Å²) >= 11 is 0. The van der Waals surface area contributed by atoms with Gasteiger partial charge in [0.15, 0.2) is 6.61 Å². The molecule has 3 fully saturated rings. The molecule has 0 heterocycles. The topological polar surface area (TPSA) is 54.0 Å². The minimum atomic E-state index is -1.27. The van der Waals surface area contributed by atoms with E-state index >= 15 is 0 Å². The molecule has 3 rings (SSSR count). The number of rotatable bonds is 9. The SMILES string of the molecule is C=C(C)C(=O)OCC(OC1CCCC1)(OC1CCCC1)OC1CCCC1. The molecule has 0 aromatic carbocycles. The standard InChI is InChI=1S/C21H34O5/c1-16(2)20(22)23-15-21(24-17-9-3-4-10-17,25-18-11-5-6-12-18)26-19-13-7-8-14-19/h17-19H,1,3-15H2,2H3. The molecule has 5 heteroatoms. The molecule has 0 atom stereocenters. The van der Waals surface area contributed by atoms with Gasteiger partial charge in [-0.1, -0.05) is 45.1 Å². The van der Waals surface area contributed by atoms with Crippen LogP contribution in [0, 0.1) is 0 Å². The summed E-state index contributed by atoms with van der Waals surface area (Å²) in [6.45, 7) is 5.29. The third-order valence-corrected chi connectivity index (χ3v) is 5.67. The van der Waals surface area contributed by atoms with Crippen molar-refractivity contribution in [2.45, 2.75) is 108 Å². The minimum absolute atomic E-state index is 0.0256. The number of hydrogen-bond acceptors (Lipinski definition) is 5. The molecule has 0 saturated heterocycles. The van der Waals surface area contributed by atoms with Gasteiger partial charge in [-0.25, -0.2) is 4.79 Å². The Hall–Kier alpha value is -0.910. The number of carbonyl (C=O) groups excluding carboxylic acids is 1. The Balaban J connectivity index is 1.74. The van der Waals surface area contributed by atoms with E-state index in [9.17, 15) is 4.79 Å². The zero-order valence-corrected chi connectivity index (χ0v) is 16.2. The molecule has 3 saturated carbocycles. The Bertz CT molecular complexity index is 425. The summed E-state index contributed by atoms with van der Waals surface area (Å²) in [6, 6.07) is 0. The highest BCUT2D eigenvalue weighted by Crippen LogP contribution is 2.35. The molecule has 0 aromatic heterocycles. The van der Waals surface area contributed by atoms with Gasteiger partial charge in [0.25, 0.3) is 0 Å². The highest BCUT2D eigenvalue weighted by Gasteiger charge is 2.44. The fourth-order valence-corrected chi connectivity index (χ4v) is 4.24. The highest BCUT2D eigenvalue weighted by molar-refractivity contribution is 5.86. The lowest BCUT2D eigenvalue weighted by atomic mass is 10.3. The van der Waals surface area contributed by atoms with Crippen molar-refractivity contribution in [3.8, 4) is 0 Å². The Kier molecular flexibility index (Phi) is 7.12. The zero-order valence-electron chi connectivity index (χ0n) is 16.2. The van der Waals surface area contributed by atoms with E-state index in [1.807, 2.05) is 0 Å². The molecule has 0 unspecified atom stereocenters. The van der Waals surface area contributed by atoms with Crippen LogP contribution in [-0.4, -0.2) is 36.9 Å². The lowest BCUT2D eigenvalue weighted by Crippen LogP contribution is -2.50. The summed E-state index contributed by atoms with van der Waals surface area (Å²) < 4.78 is 24.7. The van der Waals surface area contributed by atoms with Gasteiger partial charge in [0.05, 0.1) is 18.3 Å². The van der Waals surface area contributed by atoms with Crippen LogP contribution in [0.25, 0.3) is 0 Å². The average Bonchev–Trinajstić information content (AvgIpc) is 3.36. The van der Waals surface area contributed by atoms with Crippen molar-refractivity contribution < 1.29 is 23.7 Å². The first-order valence-corrected chi connectivity index (χ1v) is 10.4. The van der Waals surface area contributed by atoms with Crippen LogP contribution in [-0.2, 0) is 23.7 Å². The van der Waals surface area contributed by atoms with Crippen LogP contribution >= 0.6 is 0 Å². The zero-order chi connectivity index (χ0) is 18.4. The normalized spacial score (nSPS) is 23.0. The predicted molar refractivity (Wildman–Crippen MR) is 98.5 cm³/mol. The Morgan fingerprint density at radius 1 is 0.808 bits per heavy atom. The fraction of sp³-hybridized carbons (Fsp3) is 0.857.